The molecule has 0 saturated carbocycles. The van der Waals surface area contributed by atoms with Gasteiger partial charge in [0, 0.05) is 11.6 Å². The Morgan fingerprint density at radius 1 is 1.33 bits per heavy atom. The van der Waals surface area contributed by atoms with Crippen molar-refractivity contribution in [1.29, 1.82) is 0 Å². The van der Waals surface area contributed by atoms with Crippen LogP contribution in [-0.4, -0.2) is 17.6 Å². The van der Waals surface area contributed by atoms with E-state index in [1.807, 2.05) is 18.2 Å². The van der Waals surface area contributed by atoms with Crippen molar-refractivity contribution >= 4 is 16.9 Å². The lowest BCUT2D eigenvalue weighted by atomic mass is 10.2. The zero-order chi connectivity index (χ0) is 10.7. The number of carboxylic acid groups (broad SMARTS) is 1. The molecule has 0 fully saturated rings. The van der Waals surface area contributed by atoms with Gasteiger partial charge < -0.3 is 14.6 Å². The van der Waals surface area contributed by atoms with Gasteiger partial charge in [0.15, 0.2) is 0 Å². The van der Waals surface area contributed by atoms with Crippen molar-refractivity contribution in [3.63, 3.8) is 0 Å². The molecule has 0 aliphatic carbocycles. The van der Waals surface area contributed by atoms with Crippen LogP contribution in [0.4, 0.5) is 0 Å². The Morgan fingerprint density at radius 2 is 2.13 bits per heavy atom. The number of hydrogen-bond acceptors (Lipinski definition) is 4. The van der Waals surface area contributed by atoms with E-state index in [1.165, 1.54) is 0 Å². The second kappa shape index (κ2) is 3.96. The van der Waals surface area contributed by atoms with Gasteiger partial charge in [-0.15, -0.1) is 0 Å². The van der Waals surface area contributed by atoms with Crippen LogP contribution in [-0.2, 0) is 4.79 Å². The summed E-state index contributed by atoms with van der Waals surface area (Å²) in [5.41, 5.74) is 0.654. The Morgan fingerprint density at radius 3 is 2.93 bits per heavy atom. The minimum absolute atomic E-state index is 0.456. The van der Waals surface area contributed by atoms with Crippen molar-refractivity contribution in [3.05, 3.63) is 36.5 Å². The van der Waals surface area contributed by atoms with Gasteiger partial charge in [-0.3, -0.25) is 4.98 Å². The normalized spacial score (nSPS) is 10.1. The first-order chi connectivity index (χ1) is 7.27. The van der Waals surface area contributed by atoms with E-state index in [1.54, 1.807) is 18.3 Å². The smallest absolute Gasteiger partial charge is 0.146 e. The molecule has 0 radical (unpaired) electrons. The van der Waals surface area contributed by atoms with Crippen molar-refractivity contribution in [2.75, 3.05) is 6.61 Å². The second-order valence-corrected chi connectivity index (χ2v) is 2.99. The van der Waals surface area contributed by atoms with E-state index in [9.17, 15) is 9.90 Å². The molecule has 0 aliphatic heterocycles. The fourth-order valence-corrected chi connectivity index (χ4v) is 1.33. The molecule has 1 aromatic carbocycles. The summed E-state index contributed by atoms with van der Waals surface area (Å²) >= 11 is 0. The average Bonchev–Trinajstić information content (AvgIpc) is 2.26. The van der Waals surface area contributed by atoms with Gasteiger partial charge in [-0.1, -0.05) is 18.2 Å². The number of pyridine rings is 1. The fraction of sp³-hybridized carbons (Fsp3) is 0.0909. The largest absolute Gasteiger partial charge is 0.546 e. The zero-order valence-corrected chi connectivity index (χ0v) is 7.84. The highest BCUT2D eigenvalue weighted by Crippen LogP contribution is 2.22. The number of carboxylic acids is 1. The van der Waals surface area contributed by atoms with E-state index in [2.05, 4.69) is 4.98 Å². The molecular weight excluding hydrogens is 194 g/mol. The number of rotatable bonds is 3. The number of aliphatic carboxylic acids is 1. The fourth-order valence-electron chi connectivity index (χ4n) is 1.33. The van der Waals surface area contributed by atoms with E-state index in [0.29, 0.717) is 11.3 Å². The average molecular weight is 202 g/mol. The van der Waals surface area contributed by atoms with Crippen LogP contribution < -0.4 is 9.84 Å². The second-order valence-electron chi connectivity index (χ2n) is 2.99. The predicted octanol–water partition coefficient (Wildman–Crippen LogP) is 0.363. The summed E-state index contributed by atoms with van der Waals surface area (Å²) in [6.07, 6.45) is 1.63. The van der Waals surface area contributed by atoms with Gasteiger partial charge >= 0.3 is 0 Å². The lowest BCUT2D eigenvalue weighted by Crippen LogP contribution is -2.29. The highest BCUT2D eigenvalue weighted by molar-refractivity contribution is 5.84. The molecule has 0 unspecified atom stereocenters. The van der Waals surface area contributed by atoms with Crippen LogP contribution in [0.3, 0.4) is 0 Å². The Bertz CT molecular complexity index is 491. The van der Waals surface area contributed by atoms with Gasteiger partial charge in [0.05, 0.1) is 5.97 Å². The number of nitrogens with zero attached hydrogens (tertiary/aromatic N) is 1. The van der Waals surface area contributed by atoms with Gasteiger partial charge in [0.1, 0.15) is 17.9 Å². The molecule has 2 aromatic rings. The van der Waals surface area contributed by atoms with Crippen molar-refractivity contribution < 1.29 is 14.6 Å². The number of hydrogen-bond donors (Lipinski definition) is 0. The maximum Gasteiger partial charge on any atom is 0.146 e. The number of benzene rings is 1. The number of ether oxygens (including phenoxy) is 1. The van der Waals surface area contributed by atoms with Crippen LogP contribution >= 0.6 is 0 Å². The van der Waals surface area contributed by atoms with Crippen molar-refractivity contribution in [3.8, 4) is 5.75 Å². The summed E-state index contributed by atoms with van der Waals surface area (Å²) in [7, 11) is 0. The third kappa shape index (κ3) is 2.04. The van der Waals surface area contributed by atoms with Gasteiger partial charge in [-0.05, 0) is 12.1 Å². The highest BCUT2D eigenvalue weighted by atomic mass is 16.5. The first-order valence-corrected chi connectivity index (χ1v) is 4.44. The topological polar surface area (TPSA) is 62.2 Å². The third-order valence-electron chi connectivity index (χ3n) is 1.94. The van der Waals surface area contributed by atoms with E-state index in [0.717, 1.165) is 5.39 Å². The van der Waals surface area contributed by atoms with E-state index in [4.69, 9.17) is 4.74 Å². The highest BCUT2D eigenvalue weighted by Gasteiger charge is 2.01. The van der Waals surface area contributed by atoms with E-state index >= 15 is 0 Å². The third-order valence-corrected chi connectivity index (χ3v) is 1.94. The minimum atomic E-state index is -1.25. The summed E-state index contributed by atoms with van der Waals surface area (Å²) in [5.74, 6) is -0.791. The van der Waals surface area contributed by atoms with Crippen LogP contribution in [0, 0.1) is 0 Å². The SMILES string of the molecule is O=C([O-])COc1cccc2cccnc12. The maximum absolute atomic E-state index is 10.3. The van der Waals surface area contributed by atoms with E-state index in [-0.39, 0.29) is 0 Å². The standard InChI is InChI=1S/C11H9NO3/c13-10(14)7-15-9-5-1-3-8-4-2-6-12-11(8)9/h1-6H,7H2,(H,13,14)/p-1. The Balaban J connectivity index is 2.38. The lowest BCUT2D eigenvalue weighted by molar-refractivity contribution is -0.307. The van der Waals surface area contributed by atoms with Gasteiger partial charge in [0.25, 0.3) is 0 Å². The van der Waals surface area contributed by atoms with Crippen LogP contribution in [0.25, 0.3) is 10.9 Å². The van der Waals surface area contributed by atoms with Crippen LogP contribution in [0.2, 0.25) is 0 Å². The molecule has 0 spiro atoms. The molecule has 0 saturated heterocycles. The van der Waals surface area contributed by atoms with Crippen molar-refractivity contribution in [2.24, 2.45) is 0 Å². The van der Waals surface area contributed by atoms with Gasteiger partial charge in [0.2, 0.25) is 0 Å². The number of aromatic nitrogens is 1. The Labute approximate surface area is 86.1 Å². The van der Waals surface area contributed by atoms with E-state index < -0.39 is 12.6 Å². The molecule has 4 heteroatoms. The van der Waals surface area contributed by atoms with Gasteiger partial charge in [-0.25, -0.2) is 0 Å². The Hall–Kier alpha value is -2.10. The zero-order valence-electron chi connectivity index (χ0n) is 7.84. The number of carbonyl (C=O) groups excluding carboxylic acids is 1. The minimum Gasteiger partial charge on any atom is -0.546 e. The monoisotopic (exact) mass is 202 g/mol. The first-order valence-electron chi connectivity index (χ1n) is 4.44. The molecule has 0 bridgehead atoms. The molecule has 0 amide bonds. The van der Waals surface area contributed by atoms with Crippen LogP contribution in [0.5, 0.6) is 5.75 Å². The lowest BCUT2D eigenvalue weighted by Gasteiger charge is -2.08. The Kier molecular flexibility index (Phi) is 2.49. The maximum atomic E-state index is 10.3. The summed E-state index contributed by atoms with van der Waals surface area (Å²) < 4.78 is 5.06. The van der Waals surface area contributed by atoms with Crippen molar-refractivity contribution in [2.45, 2.75) is 0 Å². The quantitative estimate of drug-likeness (QED) is 0.721. The summed E-state index contributed by atoms with van der Waals surface area (Å²) in [4.78, 5) is 14.4. The predicted molar refractivity (Wildman–Crippen MR) is 52.2 cm³/mol. The molecule has 0 aliphatic rings. The molecule has 76 valence electrons. The molecule has 4 nitrogen and oxygen atoms in total. The molecule has 0 atom stereocenters. The number of fused-ring (bicyclic) bond motifs is 1. The number of carbonyl (C=O) groups is 1. The van der Waals surface area contributed by atoms with Gasteiger partial charge in [-0.2, -0.15) is 0 Å². The summed E-state index contributed by atoms with van der Waals surface area (Å²) in [5, 5.41) is 11.2. The number of para-hydroxylation sites is 1. The molecule has 0 N–H and O–H groups in total. The van der Waals surface area contributed by atoms with Crippen LogP contribution in [0.1, 0.15) is 0 Å². The molecule has 1 heterocycles. The molecule has 15 heavy (non-hydrogen) atoms. The van der Waals surface area contributed by atoms with Crippen LogP contribution in [0.15, 0.2) is 36.5 Å². The summed E-state index contributed by atoms with van der Waals surface area (Å²) in [6, 6.07) is 9.04. The molecule has 2 rings (SSSR count). The van der Waals surface area contributed by atoms with Crippen molar-refractivity contribution in [1.82, 2.24) is 4.98 Å². The molecular formula is C11H8NO3-. The molecule has 1 aromatic heterocycles. The summed E-state index contributed by atoms with van der Waals surface area (Å²) in [6.45, 7) is -0.463. The first kappa shape index (κ1) is 9.45.